The van der Waals surface area contributed by atoms with Crippen LogP contribution in [0.4, 0.5) is 13.2 Å². The first-order valence-electron chi connectivity index (χ1n) is 12.4. The molecular formula is C28H25F3N4O5. The number of aromatic nitrogens is 1. The van der Waals surface area contributed by atoms with Gasteiger partial charge in [-0.3, -0.25) is 24.1 Å². The lowest BCUT2D eigenvalue weighted by molar-refractivity contribution is 0.0640. The van der Waals surface area contributed by atoms with Gasteiger partial charge in [0, 0.05) is 36.5 Å². The van der Waals surface area contributed by atoms with Crippen LogP contribution >= 0.6 is 0 Å². The number of nitrogens with one attached hydrogen (secondary N) is 1. The molecule has 2 bridgehead atoms. The monoisotopic (exact) mass is 554 g/mol. The molecule has 208 valence electrons. The molecule has 40 heavy (non-hydrogen) atoms. The first-order valence-corrected chi connectivity index (χ1v) is 12.4. The van der Waals surface area contributed by atoms with Crippen LogP contribution in [0.3, 0.4) is 0 Å². The van der Waals surface area contributed by atoms with Crippen LogP contribution in [0.1, 0.15) is 38.9 Å². The van der Waals surface area contributed by atoms with Crippen LogP contribution < -0.4 is 20.5 Å². The van der Waals surface area contributed by atoms with Gasteiger partial charge in [-0.2, -0.15) is 0 Å². The minimum atomic E-state index is -1.20. The van der Waals surface area contributed by atoms with Crippen molar-refractivity contribution in [3.63, 3.8) is 0 Å². The fraction of sp³-hybridized carbons (Fsp3) is 0.250. The molecule has 0 aliphatic carbocycles. The third kappa shape index (κ3) is 4.93. The molecule has 0 fully saturated rings. The van der Waals surface area contributed by atoms with E-state index >= 15 is 0 Å². The molecule has 5 rings (SSSR count). The van der Waals surface area contributed by atoms with Crippen LogP contribution in [-0.4, -0.2) is 51.9 Å². The first kappa shape index (κ1) is 27.0. The maximum atomic E-state index is 14.1. The molecule has 9 nitrogen and oxygen atoms in total. The molecule has 2 N–H and O–H groups in total. The molecule has 3 aromatic rings. The van der Waals surface area contributed by atoms with Gasteiger partial charge in [-0.1, -0.05) is 42.5 Å². The van der Waals surface area contributed by atoms with E-state index in [0.29, 0.717) is 17.7 Å². The number of pyridine rings is 1. The number of nitrogens with zero attached hydrogens (tertiary/aromatic N) is 3. The molecule has 0 unspecified atom stereocenters. The Morgan fingerprint density at radius 2 is 1.80 bits per heavy atom. The highest BCUT2D eigenvalue weighted by molar-refractivity contribution is 5.99. The van der Waals surface area contributed by atoms with E-state index in [1.165, 1.54) is 9.58 Å². The van der Waals surface area contributed by atoms with Crippen molar-refractivity contribution in [3.8, 4) is 5.75 Å². The first-order chi connectivity index (χ1) is 19.2. The maximum Gasteiger partial charge on any atom is 0.278 e. The molecule has 0 saturated heterocycles. The average Bonchev–Trinajstić information content (AvgIpc) is 3.07. The molecule has 0 radical (unpaired) electrons. The van der Waals surface area contributed by atoms with E-state index in [1.807, 2.05) is 0 Å². The number of rotatable bonds is 7. The molecule has 12 heteroatoms. The highest BCUT2D eigenvalue weighted by Gasteiger charge is 2.39. The minimum Gasteiger partial charge on any atom is -0.482 e. The summed E-state index contributed by atoms with van der Waals surface area (Å²) in [6, 6.07) is 8.86. The predicted octanol–water partition coefficient (Wildman–Crippen LogP) is 2.45. The number of benzene rings is 2. The topological polar surface area (TPSA) is 104 Å². The van der Waals surface area contributed by atoms with Gasteiger partial charge in [0.2, 0.25) is 5.43 Å². The summed E-state index contributed by atoms with van der Waals surface area (Å²) in [4.78, 5) is 41.9. The standard InChI is InChI=1S/C28H25F3N4O5/c1-16-7-8-19(13-36)35-15-33(16)28(39)24-26(40-14-17-5-3-2-4-6-17)25(37)21(12-34(24)35)27(38)32-11-20-22(30)9-18(29)10-23(20)31/h2-10,12,16,19,36H,11,13-15H2,1H3,(H,32,38)/t16-,19-/m0/s1. The Hall–Kier alpha value is -4.58. The molecule has 0 saturated carbocycles. The van der Waals surface area contributed by atoms with Crippen molar-refractivity contribution in [3.05, 3.63) is 111 Å². The van der Waals surface area contributed by atoms with Gasteiger partial charge < -0.3 is 20.1 Å². The number of aliphatic hydroxyl groups excluding tert-OH is 1. The average molecular weight is 555 g/mol. The van der Waals surface area contributed by atoms with Gasteiger partial charge in [-0.25, -0.2) is 13.2 Å². The molecule has 0 spiro atoms. The largest absolute Gasteiger partial charge is 0.482 e. The van der Waals surface area contributed by atoms with E-state index in [2.05, 4.69) is 5.32 Å². The second kappa shape index (κ2) is 10.9. The summed E-state index contributed by atoms with van der Waals surface area (Å²) in [7, 11) is 0. The van der Waals surface area contributed by atoms with Crippen molar-refractivity contribution < 1.29 is 32.6 Å². The zero-order valence-corrected chi connectivity index (χ0v) is 21.3. The van der Waals surface area contributed by atoms with Crippen molar-refractivity contribution in [2.75, 3.05) is 18.3 Å². The molecule has 2 aromatic carbocycles. The second-order valence-corrected chi connectivity index (χ2v) is 9.43. The molecular weight excluding hydrogens is 529 g/mol. The summed E-state index contributed by atoms with van der Waals surface area (Å²) >= 11 is 0. The highest BCUT2D eigenvalue weighted by atomic mass is 19.1. The number of hydrogen-bond acceptors (Lipinski definition) is 6. The number of ether oxygens (including phenoxy) is 1. The van der Waals surface area contributed by atoms with E-state index in [1.54, 1.807) is 54.4 Å². The summed E-state index contributed by atoms with van der Waals surface area (Å²) in [6.45, 7) is 0.736. The fourth-order valence-corrected chi connectivity index (χ4v) is 4.66. The van der Waals surface area contributed by atoms with Crippen molar-refractivity contribution >= 4 is 11.8 Å². The van der Waals surface area contributed by atoms with E-state index in [-0.39, 0.29) is 37.4 Å². The van der Waals surface area contributed by atoms with E-state index in [4.69, 9.17) is 4.74 Å². The Morgan fingerprint density at radius 3 is 2.48 bits per heavy atom. The van der Waals surface area contributed by atoms with Crippen molar-refractivity contribution in [1.29, 1.82) is 0 Å². The number of fused-ring (bicyclic) bond motifs is 4. The predicted molar refractivity (Wildman–Crippen MR) is 138 cm³/mol. The van der Waals surface area contributed by atoms with Gasteiger partial charge in [0.1, 0.15) is 36.3 Å². The van der Waals surface area contributed by atoms with Crippen LogP contribution in [0.15, 0.2) is 65.6 Å². The fourth-order valence-electron chi connectivity index (χ4n) is 4.66. The number of amides is 2. The summed E-state index contributed by atoms with van der Waals surface area (Å²) in [6.07, 6.45) is 4.62. The lowest BCUT2D eigenvalue weighted by Crippen LogP contribution is -2.59. The Labute approximate surface area is 226 Å². The second-order valence-electron chi connectivity index (χ2n) is 9.43. The van der Waals surface area contributed by atoms with Crippen LogP contribution in [0.25, 0.3) is 0 Å². The zero-order chi connectivity index (χ0) is 28.6. The summed E-state index contributed by atoms with van der Waals surface area (Å²) in [5.41, 5.74) is -1.40. The minimum absolute atomic E-state index is 0.0410. The molecule has 2 amide bonds. The lowest BCUT2D eigenvalue weighted by atomic mass is 10.1. The van der Waals surface area contributed by atoms with Crippen LogP contribution in [-0.2, 0) is 13.2 Å². The summed E-state index contributed by atoms with van der Waals surface area (Å²) < 4.78 is 48.7. The number of hydrogen-bond donors (Lipinski definition) is 2. The number of halogens is 3. The normalized spacial score (nSPS) is 17.9. The van der Waals surface area contributed by atoms with Gasteiger partial charge in [-0.15, -0.1) is 0 Å². The van der Waals surface area contributed by atoms with Gasteiger partial charge in [0.25, 0.3) is 11.8 Å². The number of carbonyl (C=O) groups is 2. The third-order valence-corrected chi connectivity index (χ3v) is 6.86. The molecule has 1 aromatic heterocycles. The Kier molecular flexibility index (Phi) is 7.35. The van der Waals surface area contributed by atoms with Crippen LogP contribution in [0.5, 0.6) is 5.75 Å². The van der Waals surface area contributed by atoms with Crippen LogP contribution in [0, 0.1) is 17.5 Å². The summed E-state index contributed by atoms with van der Waals surface area (Å²) in [5.74, 6) is -5.42. The van der Waals surface area contributed by atoms with Gasteiger partial charge in [0.05, 0.1) is 12.6 Å². The number of carbonyl (C=O) groups excluding carboxylic acids is 2. The van der Waals surface area contributed by atoms with Crippen molar-refractivity contribution in [1.82, 2.24) is 14.9 Å². The van der Waals surface area contributed by atoms with Gasteiger partial charge >= 0.3 is 0 Å². The highest BCUT2D eigenvalue weighted by Crippen LogP contribution is 2.28. The maximum absolute atomic E-state index is 14.1. The summed E-state index contributed by atoms with van der Waals surface area (Å²) in [5, 5.41) is 13.9. The lowest BCUT2D eigenvalue weighted by Gasteiger charge is -2.42. The quantitative estimate of drug-likeness (QED) is 0.435. The third-order valence-electron chi connectivity index (χ3n) is 6.86. The van der Waals surface area contributed by atoms with Crippen LogP contribution in [0.2, 0.25) is 0 Å². The SMILES string of the molecule is C[C@H]1C=C[C@@H](CO)N2CN1C(=O)c1c(OCc3ccccc3)c(=O)c(C(=O)NCc3c(F)cc(F)cc3F)cn12. The van der Waals surface area contributed by atoms with E-state index in [9.17, 15) is 32.7 Å². The Bertz CT molecular complexity index is 1540. The zero-order valence-electron chi connectivity index (χ0n) is 21.3. The van der Waals surface area contributed by atoms with E-state index < -0.39 is 58.4 Å². The molecule has 2 aliphatic heterocycles. The molecule has 2 aliphatic rings. The smallest absolute Gasteiger partial charge is 0.278 e. The molecule has 2 atom stereocenters. The van der Waals surface area contributed by atoms with Gasteiger partial charge in [-0.05, 0) is 12.5 Å². The van der Waals surface area contributed by atoms with E-state index in [0.717, 1.165) is 6.20 Å². The Morgan fingerprint density at radius 1 is 1.10 bits per heavy atom. The molecule has 3 heterocycles. The van der Waals surface area contributed by atoms with Gasteiger partial charge in [0.15, 0.2) is 11.4 Å². The van der Waals surface area contributed by atoms with Crippen molar-refractivity contribution in [2.45, 2.75) is 32.2 Å². The number of aliphatic hydroxyl groups is 1. The Balaban J connectivity index is 1.58. The van der Waals surface area contributed by atoms with Crippen molar-refractivity contribution in [2.24, 2.45) is 0 Å².